The Labute approximate surface area is 187 Å². The standard InChI is InChI=1S/C24H31BrN2O3/c1-6-21(24(29)26-16(2)3)27(14-19-10-8-7-9-11-19)22(28)15-30-20-12-17(4)23(25)18(5)13-20/h7-13,16,21H,6,14-15H2,1-5H3,(H,26,29)/t21-/m0/s1. The lowest BCUT2D eigenvalue weighted by atomic mass is 10.1. The number of hydrogen-bond donors (Lipinski definition) is 1. The van der Waals surface area contributed by atoms with Gasteiger partial charge in [0.15, 0.2) is 6.61 Å². The summed E-state index contributed by atoms with van der Waals surface area (Å²) in [6.45, 7) is 9.93. The SMILES string of the molecule is CC[C@@H](C(=O)NC(C)C)N(Cc1ccccc1)C(=O)COc1cc(C)c(Br)c(C)c1. The third-order valence-corrected chi connectivity index (χ3v) is 6.04. The Morgan fingerprint density at radius 1 is 1.10 bits per heavy atom. The van der Waals surface area contributed by atoms with E-state index < -0.39 is 6.04 Å². The molecule has 0 spiro atoms. The van der Waals surface area contributed by atoms with Crippen molar-refractivity contribution in [1.82, 2.24) is 10.2 Å². The fourth-order valence-electron chi connectivity index (χ4n) is 3.30. The molecule has 30 heavy (non-hydrogen) atoms. The van der Waals surface area contributed by atoms with Crippen LogP contribution in [0.2, 0.25) is 0 Å². The molecule has 0 saturated carbocycles. The summed E-state index contributed by atoms with van der Waals surface area (Å²) in [6, 6.07) is 12.9. The molecule has 0 aromatic heterocycles. The summed E-state index contributed by atoms with van der Waals surface area (Å²) in [5.41, 5.74) is 3.06. The molecule has 0 bridgehead atoms. The van der Waals surface area contributed by atoms with Crippen molar-refractivity contribution in [1.29, 1.82) is 0 Å². The molecule has 0 fully saturated rings. The van der Waals surface area contributed by atoms with Crippen molar-refractivity contribution in [2.75, 3.05) is 6.61 Å². The number of hydrogen-bond acceptors (Lipinski definition) is 3. The second kappa shape index (κ2) is 11.2. The van der Waals surface area contributed by atoms with Crippen LogP contribution in [0.5, 0.6) is 5.75 Å². The van der Waals surface area contributed by atoms with Gasteiger partial charge >= 0.3 is 0 Å². The van der Waals surface area contributed by atoms with E-state index >= 15 is 0 Å². The first-order chi connectivity index (χ1) is 14.2. The predicted molar refractivity (Wildman–Crippen MR) is 123 cm³/mol. The van der Waals surface area contributed by atoms with Gasteiger partial charge in [0.05, 0.1) is 0 Å². The van der Waals surface area contributed by atoms with Crippen molar-refractivity contribution in [3.63, 3.8) is 0 Å². The van der Waals surface area contributed by atoms with Gasteiger partial charge in [-0.2, -0.15) is 0 Å². The van der Waals surface area contributed by atoms with E-state index in [0.717, 1.165) is 21.2 Å². The molecule has 1 N–H and O–H groups in total. The number of halogens is 1. The molecule has 0 radical (unpaired) electrons. The number of benzene rings is 2. The van der Waals surface area contributed by atoms with Gasteiger partial charge in [-0.3, -0.25) is 9.59 Å². The third kappa shape index (κ3) is 6.59. The number of nitrogens with zero attached hydrogens (tertiary/aromatic N) is 1. The van der Waals surface area contributed by atoms with Crippen molar-refractivity contribution >= 4 is 27.7 Å². The van der Waals surface area contributed by atoms with Gasteiger partial charge in [-0.05, 0) is 62.9 Å². The molecule has 5 nitrogen and oxygen atoms in total. The average Bonchev–Trinajstić information content (AvgIpc) is 2.70. The average molecular weight is 475 g/mol. The quantitative estimate of drug-likeness (QED) is 0.568. The number of carbonyl (C=O) groups is 2. The molecule has 0 aliphatic carbocycles. The van der Waals surface area contributed by atoms with Gasteiger partial charge in [0, 0.05) is 17.1 Å². The summed E-state index contributed by atoms with van der Waals surface area (Å²) < 4.78 is 6.85. The molecule has 0 aliphatic heterocycles. The molecule has 1 atom stereocenters. The van der Waals surface area contributed by atoms with E-state index in [9.17, 15) is 9.59 Å². The Hall–Kier alpha value is -2.34. The highest BCUT2D eigenvalue weighted by atomic mass is 79.9. The Morgan fingerprint density at radius 3 is 2.23 bits per heavy atom. The summed E-state index contributed by atoms with van der Waals surface area (Å²) in [7, 11) is 0. The van der Waals surface area contributed by atoms with Gasteiger partial charge in [-0.1, -0.05) is 53.2 Å². The zero-order valence-electron chi connectivity index (χ0n) is 18.4. The zero-order valence-corrected chi connectivity index (χ0v) is 20.0. The molecule has 2 amide bonds. The van der Waals surface area contributed by atoms with E-state index in [0.29, 0.717) is 18.7 Å². The van der Waals surface area contributed by atoms with Crippen LogP contribution in [0.25, 0.3) is 0 Å². The highest BCUT2D eigenvalue weighted by Gasteiger charge is 2.29. The highest BCUT2D eigenvalue weighted by Crippen LogP contribution is 2.26. The molecule has 0 unspecified atom stereocenters. The number of aryl methyl sites for hydroxylation is 2. The van der Waals surface area contributed by atoms with Gasteiger partial charge in [0.2, 0.25) is 5.91 Å². The summed E-state index contributed by atoms with van der Waals surface area (Å²) in [5.74, 6) is 0.274. The third-order valence-electron chi connectivity index (χ3n) is 4.78. The van der Waals surface area contributed by atoms with E-state index in [-0.39, 0.29) is 24.5 Å². The molecule has 6 heteroatoms. The van der Waals surface area contributed by atoms with Crippen molar-refractivity contribution in [3.05, 3.63) is 63.6 Å². The number of rotatable bonds is 9. The van der Waals surface area contributed by atoms with Crippen LogP contribution < -0.4 is 10.1 Å². The molecule has 2 aromatic rings. The summed E-state index contributed by atoms with van der Waals surface area (Å²) >= 11 is 3.54. The number of amides is 2. The first kappa shape index (κ1) is 23.9. The fourth-order valence-corrected chi connectivity index (χ4v) is 3.53. The lowest BCUT2D eigenvalue weighted by molar-refractivity contribution is -0.143. The number of ether oxygens (including phenoxy) is 1. The molecule has 2 aromatic carbocycles. The lowest BCUT2D eigenvalue weighted by Gasteiger charge is -2.31. The van der Waals surface area contributed by atoms with E-state index in [1.54, 1.807) is 4.90 Å². The Bertz CT molecular complexity index is 845. The molecule has 0 aliphatic rings. The summed E-state index contributed by atoms with van der Waals surface area (Å²) in [6.07, 6.45) is 0.521. The highest BCUT2D eigenvalue weighted by molar-refractivity contribution is 9.10. The van der Waals surface area contributed by atoms with Gasteiger partial charge in [-0.25, -0.2) is 0 Å². The minimum Gasteiger partial charge on any atom is -0.484 e. The second-order valence-electron chi connectivity index (χ2n) is 7.75. The Morgan fingerprint density at radius 2 is 1.70 bits per heavy atom. The van der Waals surface area contributed by atoms with Gasteiger partial charge in [-0.15, -0.1) is 0 Å². The van der Waals surface area contributed by atoms with Crippen LogP contribution in [-0.4, -0.2) is 35.4 Å². The van der Waals surface area contributed by atoms with Crippen molar-refractivity contribution in [3.8, 4) is 5.75 Å². The van der Waals surface area contributed by atoms with Gasteiger partial charge < -0.3 is 15.0 Å². The maximum absolute atomic E-state index is 13.2. The fraction of sp³-hybridized carbons (Fsp3) is 0.417. The van der Waals surface area contributed by atoms with Crippen LogP contribution in [0.15, 0.2) is 46.9 Å². The van der Waals surface area contributed by atoms with Gasteiger partial charge in [0.25, 0.3) is 5.91 Å². The van der Waals surface area contributed by atoms with Crippen LogP contribution in [-0.2, 0) is 16.1 Å². The van der Waals surface area contributed by atoms with Crippen LogP contribution >= 0.6 is 15.9 Å². The minimum absolute atomic E-state index is 0.00481. The maximum Gasteiger partial charge on any atom is 0.261 e. The molecule has 162 valence electrons. The Balaban J connectivity index is 2.21. The van der Waals surface area contributed by atoms with Crippen molar-refractivity contribution in [2.45, 2.75) is 59.7 Å². The van der Waals surface area contributed by atoms with Crippen molar-refractivity contribution in [2.24, 2.45) is 0 Å². The maximum atomic E-state index is 13.2. The van der Waals surface area contributed by atoms with E-state index in [4.69, 9.17) is 4.74 Å². The second-order valence-corrected chi connectivity index (χ2v) is 8.55. The molecule has 0 saturated heterocycles. The van der Waals surface area contributed by atoms with E-state index in [1.165, 1.54) is 0 Å². The predicted octanol–water partition coefficient (Wildman–Crippen LogP) is 4.78. The lowest BCUT2D eigenvalue weighted by Crippen LogP contribution is -2.51. The minimum atomic E-state index is -0.558. The summed E-state index contributed by atoms with van der Waals surface area (Å²) in [4.78, 5) is 27.5. The first-order valence-corrected chi connectivity index (χ1v) is 11.1. The normalized spacial score (nSPS) is 11.8. The molecular formula is C24H31BrN2O3. The van der Waals surface area contributed by atoms with E-state index in [1.807, 2.05) is 77.1 Å². The van der Waals surface area contributed by atoms with Crippen molar-refractivity contribution < 1.29 is 14.3 Å². The number of nitrogens with one attached hydrogen (secondary N) is 1. The van der Waals surface area contributed by atoms with Crippen LogP contribution in [0.1, 0.15) is 43.9 Å². The van der Waals surface area contributed by atoms with Crippen LogP contribution in [0.3, 0.4) is 0 Å². The smallest absolute Gasteiger partial charge is 0.261 e. The monoisotopic (exact) mass is 474 g/mol. The van der Waals surface area contributed by atoms with Crippen LogP contribution in [0, 0.1) is 13.8 Å². The van der Waals surface area contributed by atoms with Crippen LogP contribution in [0.4, 0.5) is 0 Å². The number of carbonyl (C=O) groups excluding carboxylic acids is 2. The van der Waals surface area contributed by atoms with E-state index in [2.05, 4.69) is 21.2 Å². The first-order valence-electron chi connectivity index (χ1n) is 10.3. The topological polar surface area (TPSA) is 58.6 Å². The molecule has 2 rings (SSSR count). The summed E-state index contributed by atoms with van der Waals surface area (Å²) in [5, 5.41) is 2.93. The largest absolute Gasteiger partial charge is 0.484 e. The molecular weight excluding hydrogens is 444 g/mol. The zero-order chi connectivity index (χ0) is 22.3. The molecule has 0 heterocycles. The van der Waals surface area contributed by atoms with Gasteiger partial charge in [0.1, 0.15) is 11.8 Å². The Kier molecular flexibility index (Phi) is 8.90.